The zero-order valence-corrected chi connectivity index (χ0v) is 10.4. The molecule has 0 aliphatic heterocycles. The minimum atomic E-state index is -0.937. The number of carboxylic acid groups (broad SMARTS) is 1. The molecule has 3 aromatic rings. The number of rotatable bonds is 2. The van der Waals surface area contributed by atoms with Crippen LogP contribution in [0.25, 0.3) is 22.2 Å². The lowest BCUT2D eigenvalue weighted by Crippen LogP contribution is -1.94. The number of benzene rings is 2. The lowest BCUT2D eigenvalue weighted by molar-refractivity contribution is 0.0697. The third-order valence-corrected chi connectivity index (χ3v) is 3.19. The predicted molar refractivity (Wildman–Crippen MR) is 75.4 cm³/mol. The van der Waals surface area contributed by atoms with Crippen LogP contribution in [-0.4, -0.2) is 16.1 Å². The number of aromatic carboxylic acids is 1. The van der Waals surface area contributed by atoms with Crippen molar-refractivity contribution in [3.05, 3.63) is 59.7 Å². The SMILES string of the molecule is N#Cc1ccc(-c2cc3cc(C(=O)O)ccc3[nH]2)cc1. The zero-order chi connectivity index (χ0) is 14.1. The first kappa shape index (κ1) is 12.0. The summed E-state index contributed by atoms with van der Waals surface area (Å²) in [5.74, 6) is -0.937. The van der Waals surface area contributed by atoms with Crippen molar-refractivity contribution in [1.29, 1.82) is 5.26 Å². The summed E-state index contributed by atoms with van der Waals surface area (Å²) in [5.41, 5.74) is 3.61. The van der Waals surface area contributed by atoms with E-state index in [9.17, 15) is 4.79 Å². The smallest absolute Gasteiger partial charge is 0.335 e. The largest absolute Gasteiger partial charge is 0.478 e. The molecule has 0 saturated carbocycles. The number of H-pyrrole nitrogens is 1. The molecule has 4 nitrogen and oxygen atoms in total. The highest BCUT2D eigenvalue weighted by Gasteiger charge is 2.07. The van der Waals surface area contributed by atoms with Gasteiger partial charge < -0.3 is 10.1 Å². The minimum absolute atomic E-state index is 0.267. The fraction of sp³-hybridized carbons (Fsp3) is 0. The first-order valence-electron chi connectivity index (χ1n) is 6.04. The van der Waals surface area contributed by atoms with Crippen molar-refractivity contribution >= 4 is 16.9 Å². The van der Waals surface area contributed by atoms with Crippen molar-refractivity contribution in [3.8, 4) is 17.3 Å². The number of nitriles is 1. The highest BCUT2D eigenvalue weighted by Crippen LogP contribution is 2.25. The third-order valence-electron chi connectivity index (χ3n) is 3.19. The van der Waals surface area contributed by atoms with Gasteiger partial charge in [-0.2, -0.15) is 5.26 Å². The van der Waals surface area contributed by atoms with E-state index in [4.69, 9.17) is 10.4 Å². The molecule has 0 saturated heterocycles. The molecule has 1 aromatic heterocycles. The van der Waals surface area contributed by atoms with Gasteiger partial charge in [0, 0.05) is 16.6 Å². The van der Waals surface area contributed by atoms with Crippen molar-refractivity contribution in [1.82, 2.24) is 4.98 Å². The van der Waals surface area contributed by atoms with E-state index >= 15 is 0 Å². The number of aromatic nitrogens is 1. The van der Waals surface area contributed by atoms with E-state index < -0.39 is 5.97 Å². The van der Waals surface area contributed by atoms with E-state index in [1.165, 1.54) is 0 Å². The number of aromatic amines is 1. The molecule has 2 aromatic carbocycles. The summed E-state index contributed by atoms with van der Waals surface area (Å²) in [6, 6.07) is 16.2. The Bertz CT molecular complexity index is 839. The second kappa shape index (κ2) is 4.56. The van der Waals surface area contributed by atoms with Crippen LogP contribution in [0.4, 0.5) is 0 Å². The molecule has 0 unspecified atom stereocenters. The van der Waals surface area contributed by atoms with Gasteiger partial charge in [-0.25, -0.2) is 4.79 Å². The van der Waals surface area contributed by atoms with Crippen molar-refractivity contribution in [2.45, 2.75) is 0 Å². The Labute approximate surface area is 114 Å². The van der Waals surface area contributed by atoms with Crippen LogP contribution < -0.4 is 0 Å². The summed E-state index contributed by atoms with van der Waals surface area (Å²) in [6.45, 7) is 0. The fourth-order valence-electron chi connectivity index (χ4n) is 2.15. The Hall–Kier alpha value is -3.06. The van der Waals surface area contributed by atoms with Gasteiger partial charge in [-0.1, -0.05) is 12.1 Å². The molecular formula is C16H10N2O2. The third kappa shape index (κ3) is 2.02. The van der Waals surface area contributed by atoms with Gasteiger partial charge in [0.15, 0.2) is 0 Å². The summed E-state index contributed by atoms with van der Waals surface area (Å²) in [4.78, 5) is 14.2. The second-order valence-electron chi connectivity index (χ2n) is 4.48. The molecule has 0 aliphatic rings. The lowest BCUT2D eigenvalue weighted by atomic mass is 10.1. The molecule has 0 radical (unpaired) electrons. The number of carboxylic acids is 1. The number of nitrogens with one attached hydrogen (secondary N) is 1. The van der Waals surface area contributed by atoms with E-state index in [0.29, 0.717) is 5.56 Å². The van der Waals surface area contributed by atoms with E-state index in [-0.39, 0.29) is 5.56 Å². The Morgan fingerprint density at radius 3 is 2.50 bits per heavy atom. The Morgan fingerprint density at radius 2 is 1.85 bits per heavy atom. The van der Waals surface area contributed by atoms with Crippen LogP contribution >= 0.6 is 0 Å². The average Bonchev–Trinajstić information content (AvgIpc) is 2.90. The summed E-state index contributed by atoms with van der Waals surface area (Å²) in [5, 5.41) is 18.6. The quantitative estimate of drug-likeness (QED) is 0.743. The maximum Gasteiger partial charge on any atom is 0.335 e. The normalized spacial score (nSPS) is 10.3. The molecule has 96 valence electrons. The highest BCUT2D eigenvalue weighted by molar-refractivity contribution is 5.95. The summed E-state index contributed by atoms with van der Waals surface area (Å²) >= 11 is 0. The molecular weight excluding hydrogens is 252 g/mol. The number of hydrogen-bond acceptors (Lipinski definition) is 2. The molecule has 0 amide bonds. The molecule has 0 atom stereocenters. The molecule has 20 heavy (non-hydrogen) atoms. The average molecular weight is 262 g/mol. The summed E-state index contributed by atoms with van der Waals surface area (Å²) in [6.07, 6.45) is 0. The van der Waals surface area contributed by atoms with Crippen LogP contribution in [0.2, 0.25) is 0 Å². The van der Waals surface area contributed by atoms with Gasteiger partial charge in [-0.05, 0) is 42.0 Å². The first-order chi connectivity index (χ1) is 9.67. The number of nitrogens with zero attached hydrogens (tertiary/aromatic N) is 1. The molecule has 4 heteroatoms. The summed E-state index contributed by atoms with van der Waals surface area (Å²) < 4.78 is 0. The van der Waals surface area contributed by atoms with E-state index in [2.05, 4.69) is 11.1 Å². The van der Waals surface area contributed by atoms with Crippen LogP contribution in [0.5, 0.6) is 0 Å². The van der Waals surface area contributed by atoms with Crippen molar-refractivity contribution in [2.75, 3.05) is 0 Å². The first-order valence-corrected chi connectivity index (χ1v) is 6.04. The molecule has 0 aliphatic carbocycles. The van der Waals surface area contributed by atoms with Gasteiger partial charge in [0.25, 0.3) is 0 Å². The topological polar surface area (TPSA) is 76.9 Å². The standard InChI is InChI=1S/C16H10N2O2/c17-9-10-1-3-11(4-2-10)15-8-13-7-12(16(19)20)5-6-14(13)18-15/h1-8,18H,(H,19,20). The van der Waals surface area contributed by atoms with E-state index in [1.54, 1.807) is 30.3 Å². The predicted octanol–water partition coefficient (Wildman–Crippen LogP) is 3.40. The van der Waals surface area contributed by atoms with E-state index in [0.717, 1.165) is 22.2 Å². The van der Waals surface area contributed by atoms with Gasteiger partial charge in [0.2, 0.25) is 0 Å². The van der Waals surface area contributed by atoms with Crippen molar-refractivity contribution in [2.24, 2.45) is 0 Å². The maximum atomic E-state index is 11.0. The highest BCUT2D eigenvalue weighted by atomic mass is 16.4. The Kier molecular flexibility index (Phi) is 2.73. The van der Waals surface area contributed by atoms with Crippen LogP contribution in [0.3, 0.4) is 0 Å². The van der Waals surface area contributed by atoms with Gasteiger partial charge >= 0.3 is 5.97 Å². The zero-order valence-electron chi connectivity index (χ0n) is 10.4. The van der Waals surface area contributed by atoms with Crippen LogP contribution in [0.15, 0.2) is 48.5 Å². The minimum Gasteiger partial charge on any atom is -0.478 e. The van der Waals surface area contributed by atoms with E-state index in [1.807, 2.05) is 18.2 Å². The van der Waals surface area contributed by atoms with Crippen LogP contribution in [-0.2, 0) is 0 Å². The van der Waals surface area contributed by atoms with Gasteiger partial charge in [-0.15, -0.1) is 0 Å². The van der Waals surface area contributed by atoms with Gasteiger partial charge in [0.05, 0.1) is 17.2 Å². The molecule has 1 heterocycles. The van der Waals surface area contributed by atoms with Crippen LogP contribution in [0, 0.1) is 11.3 Å². The second-order valence-corrected chi connectivity index (χ2v) is 4.48. The van der Waals surface area contributed by atoms with Crippen LogP contribution in [0.1, 0.15) is 15.9 Å². The van der Waals surface area contributed by atoms with Gasteiger partial charge in [0.1, 0.15) is 0 Å². The summed E-state index contributed by atoms with van der Waals surface area (Å²) in [7, 11) is 0. The Balaban J connectivity index is 2.08. The molecule has 2 N–H and O–H groups in total. The number of carbonyl (C=O) groups is 1. The number of fused-ring (bicyclic) bond motifs is 1. The molecule has 0 spiro atoms. The van der Waals surface area contributed by atoms with Crippen molar-refractivity contribution < 1.29 is 9.90 Å². The number of hydrogen-bond donors (Lipinski definition) is 2. The maximum absolute atomic E-state index is 11.0. The lowest BCUT2D eigenvalue weighted by Gasteiger charge is -1.96. The van der Waals surface area contributed by atoms with Gasteiger partial charge in [-0.3, -0.25) is 0 Å². The molecule has 3 rings (SSSR count). The van der Waals surface area contributed by atoms with Crippen molar-refractivity contribution in [3.63, 3.8) is 0 Å². The Morgan fingerprint density at radius 1 is 1.10 bits per heavy atom. The fourth-order valence-corrected chi connectivity index (χ4v) is 2.15. The monoisotopic (exact) mass is 262 g/mol. The molecule has 0 fully saturated rings. The molecule has 0 bridgehead atoms.